The first kappa shape index (κ1) is 10.4. The van der Waals surface area contributed by atoms with E-state index in [1.165, 1.54) is 52.1 Å². The minimum absolute atomic E-state index is 0.832. The lowest BCUT2D eigenvalue weighted by molar-refractivity contribution is 0.124. The Labute approximate surface area is 87.7 Å². The summed E-state index contributed by atoms with van der Waals surface area (Å²) in [4.78, 5) is 7.58. The summed E-state index contributed by atoms with van der Waals surface area (Å²) < 4.78 is 0. The fourth-order valence-corrected chi connectivity index (χ4v) is 2.54. The maximum absolute atomic E-state index is 2.63. The van der Waals surface area contributed by atoms with Crippen LogP contribution < -0.4 is 0 Å². The minimum atomic E-state index is 0.832. The van der Waals surface area contributed by atoms with Crippen molar-refractivity contribution in [3.8, 4) is 0 Å². The first-order valence-electron chi connectivity index (χ1n) is 5.87. The smallest absolute Gasteiger partial charge is 0.0220 e. The Balaban J connectivity index is 1.74. The zero-order chi connectivity index (χ0) is 9.97. The molecule has 2 heterocycles. The zero-order valence-corrected chi connectivity index (χ0v) is 9.58. The Hall–Kier alpha value is -0.120. The monoisotopic (exact) mass is 197 g/mol. The number of hydrogen-bond acceptors (Lipinski definition) is 3. The van der Waals surface area contributed by atoms with Crippen LogP contribution >= 0.6 is 0 Å². The van der Waals surface area contributed by atoms with Crippen LogP contribution in [0.25, 0.3) is 0 Å². The summed E-state index contributed by atoms with van der Waals surface area (Å²) in [7, 11) is 4.49. The average Bonchev–Trinajstić information content (AvgIpc) is 2.56. The first-order chi connectivity index (χ1) is 6.75. The molecular weight excluding hydrogens is 174 g/mol. The van der Waals surface area contributed by atoms with E-state index in [1.54, 1.807) is 0 Å². The SMILES string of the molecule is CN1CCN(C[C@H]2CCCN2C)CC1. The molecule has 3 heteroatoms. The average molecular weight is 197 g/mol. The fourth-order valence-electron chi connectivity index (χ4n) is 2.54. The van der Waals surface area contributed by atoms with E-state index in [4.69, 9.17) is 0 Å². The largest absolute Gasteiger partial charge is 0.304 e. The van der Waals surface area contributed by atoms with Gasteiger partial charge in [-0.1, -0.05) is 0 Å². The fraction of sp³-hybridized carbons (Fsp3) is 1.00. The number of piperazine rings is 1. The van der Waals surface area contributed by atoms with Gasteiger partial charge >= 0.3 is 0 Å². The molecule has 0 unspecified atom stereocenters. The summed E-state index contributed by atoms with van der Waals surface area (Å²) >= 11 is 0. The van der Waals surface area contributed by atoms with Crippen LogP contribution in [0.3, 0.4) is 0 Å². The van der Waals surface area contributed by atoms with Crippen LogP contribution in [0.2, 0.25) is 0 Å². The highest BCUT2D eigenvalue weighted by Crippen LogP contribution is 2.16. The van der Waals surface area contributed by atoms with Gasteiger partial charge in [-0.3, -0.25) is 4.90 Å². The molecule has 1 atom stereocenters. The lowest BCUT2D eigenvalue weighted by atomic mass is 10.2. The van der Waals surface area contributed by atoms with E-state index >= 15 is 0 Å². The van der Waals surface area contributed by atoms with E-state index in [0.29, 0.717) is 0 Å². The van der Waals surface area contributed by atoms with E-state index in [2.05, 4.69) is 28.8 Å². The van der Waals surface area contributed by atoms with Crippen molar-refractivity contribution in [3.63, 3.8) is 0 Å². The van der Waals surface area contributed by atoms with Gasteiger partial charge < -0.3 is 9.80 Å². The highest BCUT2D eigenvalue weighted by molar-refractivity contribution is 4.81. The third-order valence-corrected chi connectivity index (χ3v) is 3.74. The Morgan fingerprint density at radius 1 is 1.00 bits per heavy atom. The van der Waals surface area contributed by atoms with Crippen molar-refractivity contribution in [2.75, 3.05) is 53.4 Å². The molecule has 2 aliphatic rings. The molecule has 2 saturated heterocycles. The molecule has 2 aliphatic heterocycles. The molecule has 0 aromatic rings. The maximum atomic E-state index is 2.63. The Morgan fingerprint density at radius 2 is 1.71 bits per heavy atom. The van der Waals surface area contributed by atoms with E-state index < -0.39 is 0 Å². The Kier molecular flexibility index (Phi) is 3.42. The molecule has 82 valence electrons. The minimum Gasteiger partial charge on any atom is -0.304 e. The number of likely N-dealkylation sites (N-methyl/N-ethyl adjacent to an activating group) is 2. The predicted octanol–water partition coefficient (Wildman–Crippen LogP) is 0.328. The van der Waals surface area contributed by atoms with Crippen molar-refractivity contribution in [2.45, 2.75) is 18.9 Å². The molecule has 0 amide bonds. The molecule has 14 heavy (non-hydrogen) atoms. The van der Waals surface area contributed by atoms with Gasteiger partial charge in [-0.2, -0.15) is 0 Å². The van der Waals surface area contributed by atoms with Gasteiger partial charge in [0.2, 0.25) is 0 Å². The molecule has 0 aromatic carbocycles. The van der Waals surface area contributed by atoms with Crippen LogP contribution in [0.4, 0.5) is 0 Å². The van der Waals surface area contributed by atoms with Gasteiger partial charge in [0.05, 0.1) is 0 Å². The van der Waals surface area contributed by atoms with Crippen molar-refractivity contribution in [1.29, 1.82) is 0 Å². The molecule has 0 saturated carbocycles. The van der Waals surface area contributed by atoms with Crippen LogP contribution in [0.5, 0.6) is 0 Å². The Morgan fingerprint density at radius 3 is 2.29 bits per heavy atom. The molecule has 0 aromatic heterocycles. The maximum Gasteiger partial charge on any atom is 0.0220 e. The molecule has 0 spiro atoms. The lowest BCUT2D eigenvalue weighted by Crippen LogP contribution is -2.48. The summed E-state index contributed by atoms with van der Waals surface area (Å²) in [5, 5.41) is 0. The molecule has 0 aliphatic carbocycles. The summed E-state index contributed by atoms with van der Waals surface area (Å²) in [5.41, 5.74) is 0. The van der Waals surface area contributed by atoms with Gasteiger partial charge in [-0.05, 0) is 33.5 Å². The van der Waals surface area contributed by atoms with Gasteiger partial charge in [-0.25, -0.2) is 0 Å². The quantitative estimate of drug-likeness (QED) is 0.631. The second-order valence-corrected chi connectivity index (χ2v) is 4.88. The predicted molar refractivity (Wildman–Crippen MR) is 59.6 cm³/mol. The van der Waals surface area contributed by atoms with Gasteiger partial charge in [0.15, 0.2) is 0 Å². The second-order valence-electron chi connectivity index (χ2n) is 4.88. The summed E-state index contributed by atoms with van der Waals surface area (Å²) in [6, 6.07) is 0.832. The van der Waals surface area contributed by atoms with Crippen LogP contribution in [0.15, 0.2) is 0 Å². The highest BCUT2D eigenvalue weighted by atomic mass is 15.3. The number of rotatable bonds is 2. The van der Waals surface area contributed by atoms with E-state index in [0.717, 1.165) is 6.04 Å². The van der Waals surface area contributed by atoms with Gasteiger partial charge in [-0.15, -0.1) is 0 Å². The van der Waals surface area contributed by atoms with Gasteiger partial charge in [0, 0.05) is 38.8 Å². The van der Waals surface area contributed by atoms with E-state index in [1.807, 2.05) is 0 Å². The van der Waals surface area contributed by atoms with Gasteiger partial charge in [0.1, 0.15) is 0 Å². The van der Waals surface area contributed by atoms with E-state index in [-0.39, 0.29) is 0 Å². The van der Waals surface area contributed by atoms with E-state index in [9.17, 15) is 0 Å². The number of nitrogens with zero attached hydrogens (tertiary/aromatic N) is 3. The number of hydrogen-bond donors (Lipinski definition) is 0. The second kappa shape index (κ2) is 4.60. The molecule has 3 nitrogen and oxygen atoms in total. The zero-order valence-electron chi connectivity index (χ0n) is 9.58. The molecular formula is C11H23N3. The molecule has 0 N–H and O–H groups in total. The van der Waals surface area contributed by atoms with Crippen molar-refractivity contribution in [3.05, 3.63) is 0 Å². The Bertz CT molecular complexity index is 175. The standard InChI is InChI=1S/C11H23N3/c1-12-6-8-14(9-7-12)10-11-4-3-5-13(11)2/h11H,3-10H2,1-2H3/t11-/m1/s1. The summed E-state index contributed by atoms with van der Waals surface area (Å²) in [5.74, 6) is 0. The van der Waals surface area contributed by atoms with Crippen molar-refractivity contribution >= 4 is 0 Å². The normalized spacial score (nSPS) is 32.6. The van der Waals surface area contributed by atoms with Crippen LogP contribution in [0.1, 0.15) is 12.8 Å². The molecule has 2 fully saturated rings. The molecule has 2 rings (SSSR count). The lowest BCUT2D eigenvalue weighted by Gasteiger charge is -2.35. The van der Waals surface area contributed by atoms with Crippen LogP contribution in [-0.4, -0.2) is 74.1 Å². The van der Waals surface area contributed by atoms with Crippen LogP contribution in [0, 0.1) is 0 Å². The third-order valence-electron chi connectivity index (χ3n) is 3.74. The van der Waals surface area contributed by atoms with Crippen molar-refractivity contribution < 1.29 is 0 Å². The molecule has 0 radical (unpaired) electrons. The number of likely N-dealkylation sites (tertiary alicyclic amines) is 1. The highest BCUT2D eigenvalue weighted by Gasteiger charge is 2.24. The topological polar surface area (TPSA) is 9.72 Å². The first-order valence-corrected chi connectivity index (χ1v) is 5.87. The van der Waals surface area contributed by atoms with Crippen molar-refractivity contribution in [2.24, 2.45) is 0 Å². The summed E-state index contributed by atoms with van der Waals surface area (Å²) in [6.07, 6.45) is 2.80. The van der Waals surface area contributed by atoms with Crippen molar-refractivity contribution in [1.82, 2.24) is 14.7 Å². The van der Waals surface area contributed by atoms with Gasteiger partial charge in [0.25, 0.3) is 0 Å². The molecule has 0 bridgehead atoms. The third kappa shape index (κ3) is 2.47. The summed E-state index contributed by atoms with van der Waals surface area (Å²) in [6.45, 7) is 7.62. The van der Waals surface area contributed by atoms with Crippen LogP contribution in [-0.2, 0) is 0 Å².